The number of ether oxygens (including phenoxy) is 1. The van der Waals surface area contributed by atoms with E-state index in [4.69, 9.17) is 4.74 Å². The molecule has 0 amide bonds. The number of allylic oxidation sites excluding steroid dienone is 3. The Labute approximate surface area is 85.6 Å². The number of esters is 1. The van der Waals surface area contributed by atoms with Crippen molar-refractivity contribution in [3.63, 3.8) is 0 Å². The van der Waals surface area contributed by atoms with Gasteiger partial charge in [-0.25, -0.2) is 4.79 Å². The van der Waals surface area contributed by atoms with Gasteiger partial charge in [-0.2, -0.15) is 0 Å². The summed E-state index contributed by atoms with van der Waals surface area (Å²) in [6, 6.07) is 0. The van der Waals surface area contributed by atoms with Gasteiger partial charge in [-0.05, 0) is 32.1 Å². The third kappa shape index (κ3) is 3.77. The summed E-state index contributed by atoms with van der Waals surface area (Å²) in [6.45, 7) is 4.48. The average molecular weight is 194 g/mol. The number of hydrogen-bond donors (Lipinski definition) is 0. The highest BCUT2D eigenvalue weighted by molar-refractivity contribution is 5.82. The van der Waals surface area contributed by atoms with Gasteiger partial charge in [0, 0.05) is 6.08 Å². The van der Waals surface area contributed by atoms with E-state index in [0.29, 0.717) is 12.5 Å². The molecule has 0 aromatic heterocycles. The second-order valence-electron chi connectivity index (χ2n) is 3.70. The molecule has 0 radical (unpaired) electrons. The van der Waals surface area contributed by atoms with E-state index >= 15 is 0 Å². The van der Waals surface area contributed by atoms with Gasteiger partial charge < -0.3 is 4.74 Å². The van der Waals surface area contributed by atoms with Crippen molar-refractivity contribution in [1.82, 2.24) is 0 Å². The summed E-state index contributed by atoms with van der Waals surface area (Å²) in [5, 5.41) is 0. The van der Waals surface area contributed by atoms with Gasteiger partial charge in [0.05, 0.1) is 6.61 Å². The van der Waals surface area contributed by atoms with Crippen molar-refractivity contribution in [2.24, 2.45) is 5.92 Å². The lowest BCUT2D eigenvalue weighted by atomic mass is 10.0. The highest BCUT2D eigenvalue weighted by Gasteiger charge is 2.07. The van der Waals surface area contributed by atoms with Gasteiger partial charge in [0.15, 0.2) is 0 Å². The molecule has 0 aromatic carbocycles. The number of carbonyl (C=O) groups excluding carboxylic acids is 1. The quantitative estimate of drug-likeness (QED) is 0.384. The molecule has 0 N–H and O–H groups in total. The molecular formula is C12H18O2. The molecule has 14 heavy (non-hydrogen) atoms. The van der Waals surface area contributed by atoms with E-state index < -0.39 is 0 Å². The van der Waals surface area contributed by atoms with Crippen LogP contribution in [0.15, 0.2) is 23.8 Å². The van der Waals surface area contributed by atoms with Crippen LogP contribution in [0.1, 0.15) is 33.1 Å². The summed E-state index contributed by atoms with van der Waals surface area (Å²) >= 11 is 0. The fourth-order valence-corrected chi connectivity index (χ4v) is 1.54. The van der Waals surface area contributed by atoms with E-state index in [1.807, 2.05) is 6.92 Å². The van der Waals surface area contributed by atoms with Crippen molar-refractivity contribution in [3.8, 4) is 0 Å². The first-order chi connectivity index (χ1) is 6.72. The van der Waals surface area contributed by atoms with Gasteiger partial charge in [0.25, 0.3) is 0 Å². The summed E-state index contributed by atoms with van der Waals surface area (Å²) in [6.07, 6.45) is 9.03. The summed E-state index contributed by atoms with van der Waals surface area (Å²) < 4.78 is 4.87. The molecule has 0 spiro atoms. The number of hydrogen-bond acceptors (Lipinski definition) is 2. The number of carbonyl (C=O) groups is 1. The Morgan fingerprint density at radius 3 is 3.21 bits per heavy atom. The van der Waals surface area contributed by atoms with Crippen LogP contribution in [-0.4, -0.2) is 12.6 Å². The molecule has 0 heterocycles. The van der Waals surface area contributed by atoms with Gasteiger partial charge >= 0.3 is 5.97 Å². The van der Waals surface area contributed by atoms with E-state index in [0.717, 1.165) is 19.3 Å². The Morgan fingerprint density at radius 2 is 2.50 bits per heavy atom. The van der Waals surface area contributed by atoms with Crippen LogP contribution in [0.25, 0.3) is 0 Å². The van der Waals surface area contributed by atoms with Gasteiger partial charge in [0.1, 0.15) is 0 Å². The summed E-state index contributed by atoms with van der Waals surface area (Å²) in [4.78, 5) is 11.2. The fraction of sp³-hybridized carbons (Fsp3) is 0.583. The lowest BCUT2D eigenvalue weighted by Crippen LogP contribution is -2.01. The van der Waals surface area contributed by atoms with Crippen molar-refractivity contribution in [3.05, 3.63) is 23.8 Å². The van der Waals surface area contributed by atoms with E-state index in [1.54, 1.807) is 6.08 Å². The molecule has 0 fully saturated rings. The smallest absolute Gasteiger partial charge is 0.330 e. The third-order valence-corrected chi connectivity index (χ3v) is 2.37. The molecule has 0 aromatic rings. The van der Waals surface area contributed by atoms with Crippen molar-refractivity contribution in [2.75, 3.05) is 6.61 Å². The molecular weight excluding hydrogens is 176 g/mol. The van der Waals surface area contributed by atoms with Crippen molar-refractivity contribution in [2.45, 2.75) is 33.1 Å². The Kier molecular flexibility index (Phi) is 4.44. The monoisotopic (exact) mass is 194 g/mol. The van der Waals surface area contributed by atoms with Crippen LogP contribution in [0.5, 0.6) is 0 Å². The van der Waals surface area contributed by atoms with Crippen LogP contribution in [0.4, 0.5) is 0 Å². The topological polar surface area (TPSA) is 26.3 Å². The Bertz CT molecular complexity index is 251. The van der Waals surface area contributed by atoms with Crippen LogP contribution in [0.2, 0.25) is 0 Å². The van der Waals surface area contributed by atoms with E-state index in [-0.39, 0.29) is 5.97 Å². The molecule has 2 nitrogen and oxygen atoms in total. The molecule has 1 aliphatic rings. The molecule has 1 unspecified atom stereocenters. The zero-order valence-electron chi connectivity index (χ0n) is 8.95. The van der Waals surface area contributed by atoms with Crippen LogP contribution >= 0.6 is 0 Å². The van der Waals surface area contributed by atoms with Crippen molar-refractivity contribution in [1.29, 1.82) is 0 Å². The van der Waals surface area contributed by atoms with Crippen molar-refractivity contribution < 1.29 is 9.53 Å². The highest BCUT2D eigenvalue weighted by atomic mass is 16.5. The van der Waals surface area contributed by atoms with Crippen LogP contribution in [0, 0.1) is 5.92 Å². The SMILES string of the molecule is CCOC(=O)/C=C1/CC=CC(C)CC1. The highest BCUT2D eigenvalue weighted by Crippen LogP contribution is 2.20. The Hall–Kier alpha value is -1.05. The zero-order valence-corrected chi connectivity index (χ0v) is 8.95. The van der Waals surface area contributed by atoms with E-state index in [1.165, 1.54) is 5.57 Å². The van der Waals surface area contributed by atoms with E-state index in [9.17, 15) is 4.79 Å². The molecule has 2 heteroatoms. The summed E-state index contributed by atoms with van der Waals surface area (Å²) in [7, 11) is 0. The predicted molar refractivity (Wildman–Crippen MR) is 56.9 cm³/mol. The zero-order chi connectivity index (χ0) is 10.4. The molecule has 78 valence electrons. The lowest BCUT2D eigenvalue weighted by molar-refractivity contribution is -0.137. The maximum atomic E-state index is 11.2. The van der Waals surface area contributed by atoms with Crippen molar-refractivity contribution >= 4 is 5.97 Å². The van der Waals surface area contributed by atoms with Gasteiger partial charge in [-0.3, -0.25) is 0 Å². The van der Waals surface area contributed by atoms with Gasteiger partial charge in [0.2, 0.25) is 0 Å². The Balaban J connectivity index is 2.52. The third-order valence-electron chi connectivity index (χ3n) is 2.37. The molecule has 0 aliphatic heterocycles. The summed E-state index contributed by atoms with van der Waals surface area (Å²) in [5.41, 5.74) is 1.18. The largest absolute Gasteiger partial charge is 0.463 e. The minimum atomic E-state index is -0.203. The minimum absolute atomic E-state index is 0.203. The lowest BCUT2D eigenvalue weighted by Gasteiger charge is -2.04. The molecule has 1 atom stereocenters. The molecule has 0 saturated heterocycles. The van der Waals surface area contributed by atoms with Crippen LogP contribution in [0.3, 0.4) is 0 Å². The van der Waals surface area contributed by atoms with E-state index in [2.05, 4.69) is 19.1 Å². The van der Waals surface area contributed by atoms with Gasteiger partial charge in [-0.15, -0.1) is 0 Å². The standard InChI is InChI=1S/C12H18O2/c1-3-14-12(13)9-11-6-4-5-10(2)7-8-11/h4-5,9-10H,3,6-8H2,1-2H3/b11-9-. The van der Waals surface area contributed by atoms with Gasteiger partial charge in [-0.1, -0.05) is 24.6 Å². The maximum Gasteiger partial charge on any atom is 0.330 e. The first-order valence-corrected chi connectivity index (χ1v) is 5.25. The molecule has 1 rings (SSSR count). The van der Waals surface area contributed by atoms with Crippen LogP contribution in [-0.2, 0) is 9.53 Å². The summed E-state index contributed by atoms with van der Waals surface area (Å²) in [5.74, 6) is 0.425. The fourth-order valence-electron chi connectivity index (χ4n) is 1.54. The molecule has 0 bridgehead atoms. The minimum Gasteiger partial charge on any atom is -0.463 e. The normalized spacial score (nSPS) is 24.7. The predicted octanol–water partition coefficient (Wildman–Crippen LogP) is 2.85. The second kappa shape index (κ2) is 5.63. The molecule has 1 aliphatic carbocycles. The number of rotatable bonds is 2. The maximum absolute atomic E-state index is 11.2. The first kappa shape index (κ1) is 11.0. The van der Waals surface area contributed by atoms with Crippen LogP contribution < -0.4 is 0 Å². The second-order valence-corrected chi connectivity index (χ2v) is 3.70. The Morgan fingerprint density at radius 1 is 1.71 bits per heavy atom. The average Bonchev–Trinajstić information content (AvgIpc) is 2.32. The molecule has 0 saturated carbocycles. The first-order valence-electron chi connectivity index (χ1n) is 5.25.